The summed E-state index contributed by atoms with van der Waals surface area (Å²) in [7, 11) is 0. The predicted octanol–water partition coefficient (Wildman–Crippen LogP) is 4.67. The highest BCUT2D eigenvalue weighted by atomic mass is 19.1. The number of rotatable bonds is 4. The maximum atomic E-state index is 13.2. The van der Waals surface area contributed by atoms with Crippen LogP contribution in [0.15, 0.2) is 18.2 Å². The Hall–Kier alpha value is -1.40. The summed E-state index contributed by atoms with van der Waals surface area (Å²) < 4.78 is 13.2. The van der Waals surface area contributed by atoms with Gasteiger partial charge in [0.1, 0.15) is 5.82 Å². The van der Waals surface area contributed by atoms with Crippen LogP contribution in [0.3, 0.4) is 0 Å². The SMILES string of the molecule is CCCC1CCC(C#N)(C(O)c2ccc(F)cc2C)CC1. The van der Waals surface area contributed by atoms with Gasteiger partial charge in [-0.05, 0) is 61.8 Å². The number of halogens is 1. The van der Waals surface area contributed by atoms with E-state index >= 15 is 0 Å². The van der Waals surface area contributed by atoms with Crippen molar-refractivity contribution >= 4 is 0 Å². The summed E-state index contributed by atoms with van der Waals surface area (Å²) in [6.07, 6.45) is 5.00. The fourth-order valence-electron chi connectivity index (χ4n) is 3.58. The molecule has 0 radical (unpaired) electrons. The zero-order valence-electron chi connectivity index (χ0n) is 12.9. The average Bonchev–Trinajstić information content (AvgIpc) is 2.48. The first-order valence-corrected chi connectivity index (χ1v) is 7.88. The van der Waals surface area contributed by atoms with E-state index < -0.39 is 11.5 Å². The average molecular weight is 289 g/mol. The Labute approximate surface area is 126 Å². The van der Waals surface area contributed by atoms with E-state index in [0.29, 0.717) is 17.0 Å². The molecule has 0 spiro atoms. The molecule has 21 heavy (non-hydrogen) atoms. The number of nitriles is 1. The van der Waals surface area contributed by atoms with Crippen molar-refractivity contribution in [3.63, 3.8) is 0 Å². The third kappa shape index (κ3) is 3.27. The van der Waals surface area contributed by atoms with E-state index in [2.05, 4.69) is 13.0 Å². The monoisotopic (exact) mass is 289 g/mol. The minimum atomic E-state index is -0.828. The third-order valence-electron chi connectivity index (χ3n) is 4.97. The van der Waals surface area contributed by atoms with Crippen LogP contribution in [0.5, 0.6) is 0 Å². The molecule has 0 heterocycles. The molecule has 114 valence electrons. The Morgan fingerprint density at radius 3 is 2.62 bits per heavy atom. The number of hydrogen-bond donors (Lipinski definition) is 1. The van der Waals surface area contributed by atoms with Gasteiger partial charge in [-0.3, -0.25) is 0 Å². The van der Waals surface area contributed by atoms with Crippen molar-refractivity contribution in [3.05, 3.63) is 35.1 Å². The lowest BCUT2D eigenvalue weighted by Gasteiger charge is -2.38. The molecule has 0 saturated heterocycles. The smallest absolute Gasteiger partial charge is 0.123 e. The number of aliphatic hydroxyl groups excluding tert-OH is 1. The van der Waals surface area contributed by atoms with Gasteiger partial charge in [0.25, 0.3) is 0 Å². The van der Waals surface area contributed by atoms with Gasteiger partial charge in [-0.1, -0.05) is 25.8 Å². The summed E-state index contributed by atoms with van der Waals surface area (Å²) in [5.74, 6) is 0.374. The molecule has 1 saturated carbocycles. The van der Waals surface area contributed by atoms with Crippen LogP contribution in [0.2, 0.25) is 0 Å². The van der Waals surface area contributed by atoms with Crippen LogP contribution in [-0.4, -0.2) is 5.11 Å². The van der Waals surface area contributed by atoms with E-state index in [0.717, 1.165) is 25.7 Å². The summed E-state index contributed by atoms with van der Waals surface area (Å²) in [5.41, 5.74) is 0.687. The molecule has 0 amide bonds. The van der Waals surface area contributed by atoms with Crippen molar-refractivity contribution in [1.82, 2.24) is 0 Å². The molecule has 1 fully saturated rings. The summed E-state index contributed by atoms with van der Waals surface area (Å²) in [6, 6.07) is 6.78. The fraction of sp³-hybridized carbons (Fsp3) is 0.611. The summed E-state index contributed by atoms with van der Waals surface area (Å²) >= 11 is 0. The standard InChI is InChI=1S/C18H24FNO/c1-3-4-14-7-9-18(12-20,10-8-14)17(21)16-6-5-15(19)11-13(16)2/h5-6,11,14,17,21H,3-4,7-10H2,1-2H3. The Bertz CT molecular complexity index is 527. The summed E-state index contributed by atoms with van der Waals surface area (Å²) in [4.78, 5) is 0. The number of aryl methyl sites for hydroxylation is 1. The van der Waals surface area contributed by atoms with Gasteiger partial charge in [-0.15, -0.1) is 0 Å². The van der Waals surface area contributed by atoms with E-state index in [9.17, 15) is 14.8 Å². The van der Waals surface area contributed by atoms with Crippen molar-refractivity contribution < 1.29 is 9.50 Å². The minimum Gasteiger partial charge on any atom is -0.387 e. The maximum absolute atomic E-state index is 13.2. The zero-order valence-corrected chi connectivity index (χ0v) is 12.9. The Balaban J connectivity index is 2.20. The Morgan fingerprint density at radius 1 is 1.43 bits per heavy atom. The molecular weight excluding hydrogens is 265 g/mol. The zero-order chi connectivity index (χ0) is 15.5. The van der Waals surface area contributed by atoms with Gasteiger partial charge >= 0.3 is 0 Å². The molecule has 2 nitrogen and oxygen atoms in total. The van der Waals surface area contributed by atoms with E-state index in [4.69, 9.17) is 0 Å². The molecule has 2 rings (SSSR count). The molecule has 0 aliphatic heterocycles. The van der Waals surface area contributed by atoms with Crippen molar-refractivity contribution in [2.24, 2.45) is 11.3 Å². The first kappa shape index (κ1) is 16.0. The van der Waals surface area contributed by atoms with Crippen LogP contribution in [0, 0.1) is 35.4 Å². The number of nitrogens with zero attached hydrogens (tertiary/aromatic N) is 1. The van der Waals surface area contributed by atoms with Gasteiger partial charge in [-0.2, -0.15) is 5.26 Å². The second-order valence-corrected chi connectivity index (χ2v) is 6.40. The van der Waals surface area contributed by atoms with E-state index in [1.165, 1.54) is 25.0 Å². The van der Waals surface area contributed by atoms with Gasteiger partial charge in [-0.25, -0.2) is 4.39 Å². The molecule has 1 aliphatic rings. The van der Waals surface area contributed by atoms with Gasteiger partial charge in [0.05, 0.1) is 17.6 Å². The van der Waals surface area contributed by atoms with Crippen LogP contribution in [0.4, 0.5) is 4.39 Å². The van der Waals surface area contributed by atoms with Crippen LogP contribution >= 0.6 is 0 Å². The molecular formula is C18H24FNO. The van der Waals surface area contributed by atoms with Gasteiger partial charge in [0.2, 0.25) is 0 Å². The van der Waals surface area contributed by atoms with E-state index in [1.54, 1.807) is 13.0 Å². The minimum absolute atomic E-state index is 0.305. The maximum Gasteiger partial charge on any atom is 0.123 e. The van der Waals surface area contributed by atoms with E-state index in [1.807, 2.05) is 0 Å². The normalized spacial score (nSPS) is 27.1. The second kappa shape index (κ2) is 6.58. The van der Waals surface area contributed by atoms with Gasteiger partial charge in [0.15, 0.2) is 0 Å². The Kier molecular flexibility index (Phi) is 5.00. The molecule has 1 aromatic rings. The third-order valence-corrected chi connectivity index (χ3v) is 4.97. The van der Waals surface area contributed by atoms with Crippen molar-refractivity contribution in [2.45, 2.75) is 58.5 Å². The highest BCUT2D eigenvalue weighted by molar-refractivity contribution is 5.31. The number of hydrogen-bond acceptors (Lipinski definition) is 2. The first-order chi connectivity index (χ1) is 10.0. The molecule has 1 aliphatic carbocycles. The van der Waals surface area contributed by atoms with Crippen LogP contribution in [0.25, 0.3) is 0 Å². The van der Waals surface area contributed by atoms with Crippen molar-refractivity contribution in [2.75, 3.05) is 0 Å². The van der Waals surface area contributed by atoms with E-state index in [-0.39, 0.29) is 5.82 Å². The fourth-order valence-corrected chi connectivity index (χ4v) is 3.58. The second-order valence-electron chi connectivity index (χ2n) is 6.40. The summed E-state index contributed by atoms with van der Waals surface area (Å²) in [5, 5.41) is 20.4. The molecule has 1 aromatic carbocycles. The topological polar surface area (TPSA) is 44.0 Å². The largest absolute Gasteiger partial charge is 0.387 e. The van der Waals surface area contributed by atoms with Crippen molar-refractivity contribution in [3.8, 4) is 6.07 Å². The molecule has 1 N–H and O–H groups in total. The van der Waals surface area contributed by atoms with Crippen LogP contribution < -0.4 is 0 Å². The van der Waals surface area contributed by atoms with Gasteiger partial charge < -0.3 is 5.11 Å². The molecule has 0 aromatic heterocycles. The molecule has 1 unspecified atom stereocenters. The van der Waals surface area contributed by atoms with Gasteiger partial charge in [0, 0.05) is 0 Å². The lowest BCUT2D eigenvalue weighted by molar-refractivity contribution is 0.0232. The summed E-state index contributed by atoms with van der Waals surface area (Å²) in [6.45, 7) is 3.97. The lowest BCUT2D eigenvalue weighted by Crippen LogP contribution is -2.33. The highest BCUT2D eigenvalue weighted by Crippen LogP contribution is 2.48. The quantitative estimate of drug-likeness (QED) is 0.875. The molecule has 1 atom stereocenters. The molecule has 0 bridgehead atoms. The highest BCUT2D eigenvalue weighted by Gasteiger charge is 2.42. The van der Waals surface area contributed by atoms with Crippen molar-refractivity contribution in [1.29, 1.82) is 5.26 Å². The predicted molar refractivity (Wildman–Crippen MR) is 81.0 cm³/mol. The first-order valence-electron chi connectivity index (χ1n) is 7.88. The lowest BCUT2D eigenvalue weighted by atomic mass is 9.66. The number of benzene rings is 1. The van der Waals surface area contributed by atoms with Crippen LogP contribution in [0.1, 0.15) is 62.7 Å². The van der Waals surface area contributed by atoms with Crippen LogP contribution in [-0.2, 0) is 0 Å². The Morgan fingerprint density at radius 2 is 2.10 bits per heavy atom. The molecule has 3 heteroatoms. The number of aliphatic hydroxyl groups is 1.